The normalized spacial score (nSPS) is 22.4. The monoisotopic (exact) mass is 294 g/mol. The van der Waals surface area contributed by atoms with Crippen LogP contribution in [0, 0.1) is 0 Å². The van der Waals surface area contributed by atoms with E-state index in [2.05, 4.69) is 14.8 Å². The van der Waals surface area contributed by atoms with Gasteiger partial charge in [0.1, 0.15) is 5.82 Å². The summed E-state index contributed by atoms with van der Waals surface area (Å²) < 4.78 is 0. The zero-order valence-electron chi connectivity index (χ0n) is 11.9. The van der Waals surface area contributed by atoms with E-state index in [0.29, 0.717) is 5.82 Å². The molecule has 110 valence electrons. The summed E-state index contributed by atoms with van der Waals surface area (Å²) in [6.07, 6.45) is 5.60. The fourth-order valence-electron chi connectivity index (χ4n) is 3.38. The van der Waals surface area contributed by atoms with Gasteiger partial charge in [0.05, 0.1) is 10.7 Å². The number of aromatic nitrogens is 1. The Labute approximate surface area is 125 Å². The van der Waals surface area contributed by atoms with Gasteiger partial charge in [-0.15, -0.1) is 0 Å². The Morgan fingerprint density at radius 1 is 1.15 bits per heavy atom. The smallest absolute Gasteiger partial charge is 0.123 e. The fourth-order valence-corrected chi connectivity index (χ4v) is 3.54. The largest absolute Gasteiger partial charge is 0.384 e. The lowest BCUT2D eigenvalue weighted by molar-refractivity contribution is 0.0930. The van der Waals surface area contributed by atoms with Gasteiger partial charge >= 0.3 is 0 Å². The van der Waals surface area contributed by atoms with E-state index in [0.717, 1.165) is 36.4 Å². The van der Waals surface area contributed by atoms with Crippen LogP contribution in [0.3, 0.4) is 0 Å². The van der Waals surface area contributed by atoms with Gasteiger partial charge in [-0.25, -0.2) is 4.98 Å². The quantitative estimate of drug-likeness (QED) is 0.930. The average molecular weight is 295 g/mol. The molecule has 0 spiro atoms. The van der Waals surface area contributed by atoms with Crippen LogP contribution in [0.1, 0.15) is 31.4 Å². The summed E-state index contributed by atoms with van der Waals surface area (Å²) in [6.45, 7) is 5.35. The Hall–Kier alpha value is -0.840. The minimum atomic E-state index is 0.550. The first-order valence-corrected chi connectivity index (χ1v) is 7.97. The molecular formula is C15H23ClN4. The SMILES string of the molecule is Nc1ccc(Cl)c(CN2CCN(C3CCCC3)CC2)n1. The Morgan fingerprint density at radius 3 is 2.55 bits per heavy atom. The second-order valence-electron chi connectivity index (χ2n) is 5.92. The zero-order valence-corrected chi connectivity index (χ0v) is 12.6. The van der Waals surface area contributed by atoms with Crippen LogP contribution in [0.15, 0.2) is 12.1 Å². The molecule has 2 heterocycles. The summed E-state index contributed by atoms with van der Waals surface area (Å²) >= 11 is 6.19. The van der Waals surface area contributed by atoms with Gasteiger partial charge in [-0.3, -0.25) is 9.80 Å². The highest BCUT2D eigenvalue weighted by Crippen LogP contribution is 2.25. The highest BCUT2D eigenvalue weighted by atomic mass is 35.5. The molecule has 2 fully saturated rings. The van der Waals surface area contributed by atoms with Gasteiger partial charge in [0, 0.05) is 38.8 Å². The van der Waals surface area contributed by atoms with Crippen molar-refractivity contribution in [1.82, 2.24) is 14.8 Å². The van der Waals surface area contributed by atoms with Gasteiger partial charge in [-0.1, -0.05) is 24.4 Å². The summed E-state index contributed by atoms with van der Waals surface area (Å²) in [5, 5.41) is 0.720. The third-order valence-corrected chi connectivity index (χ3v) is 4.91. The fraction of sp³-hybridized carbons (Fsp3) is 0.667. The first kappa shape index (κ1) is 14.1. The maximum atomic E-state index is 6.19. The molecule has 4 nitrogen and oxygen atoms in total. The van der Waals surface area contributed by atoms with Gasteiger partial charge < -0.3 is 5.73 Å². The van der Waals surface area contributed by atoms with Crippen LogP contribution in [0.2, 0.25) is 5.02 Å². The number of rotatable bonds is 3. The minimum absolute atomic E-state index is 0.550. The number of nitrogens with zero attached hydrogens (tertiary/aromatic N) is 3. The van der Waals surface area contributed by atoms with Gasteiger partial charge in [-0.2, -0.15) is 0 Å². The maximum absolute atomic E-state index is 6.19. The van der Waals surface area contributed by atoms with Crippen LogP contribution in [0.5, 0.6) is 0 Å². The summed E-state index contributed by atoms with van der Waals surface area (Å²) in [7, 11) is 0. The van der Waals surface area contributed by atoms with Crippen LogP contribution >= 0.6 is 11.6 Å². The number of hydrogen-bond acceptors (Lipinski definition) is 4. The number of halogens is 1. The molecule has 0 unspecified atom stereocenters. The van der Waals surface area contributed by atoms with E-state index >= 15 is 0 Å². The third kappa shape index (κ3) is 3.25. The molecule has 1 aromatic heterocycles. The van der Waals surface area contributed by atoms with Crippen LogP contribution in [0.4, 0.5) is 5.82 Å². The van der Waals surface area contributed by atoms with Crippen LogP contribution in [-0.2, 0) is 6.54 Å². The molecule has 1 saturated heterocycles. The molecule has 2 aliphatic rings. The van der Waals surface area contributed by atoms with Crippen LogP contribution < -0.4 is 5.73 Å². The van der Waals surface area contributed by atoms with Crippen molar-refractivity contribution in [2.45, 2.75) is 38.3 Å². The van der Waals surface area contributed by atoms with Crippen LogP contribution in [0.25, 0.3) is 0 Å². The van der Waals surface area contributed by atoms with E-state index in [1.54, 1.807) is 6.07 Å². The lowest BCUT2D eigenvalue weighted by Gasteiger charge is -2.38. The maximum Gasteiger partial charge on any atom is 0.123 e. The standard InChI is InChI=1S/C15H23ClN4/c16-13-5-6-15(17)18-14(13)11-19-7-9-20(10-8-19)12-3-1-2-4-12/h5-6,12H,1-4,7-11H2,(H2,17,18). The van der Waals surface area contributed by atoms with Crippen molar-refractivity contribution < 1.29 is 0 Å². The van der Waals surface area contributed by atoms with E-state index in [1.807, 2.05) is 6.07 Å². The van der Waals surface area contributed by atoms with Crippen molar-refractivity contribution in [3.8, 4) is 0 Å². The molecule has 1 aromatic rings. The number of pyridine rings is 1. The van der Waals surface area contributed by atoms with Crippen molar-refractivity contribution in [2.75, 3.05) is 31.9 Å². The second kappa shape index (κ2) is 6.29. The van der Waals surface area contributed by atoms with Crippen molar-refractivity contribution in [2.24, 2.45) is 0 Å². The highest BCUT2D eigenvalue weighted by Gasteiger charge is 2.26. The number of hydrogen-bond donors (Lipinski definition) is 1. The highest BCUT2D eigenvalue weighted by molar-refractivity contribution is 6.31. The van der Waals surface area contributed by atoms with Crippen LogP contribution in [-0.4, -0.2) is 47.0 Å². The Bertz CT molecular complexity index is 451. The molecule has 5 heteroatoms. The Kier molecular flexibility index (Phi) is 4.44. The van der Waals surface area contributed by atoms with Crippen molar-refractivity contribution in [1.29, 1.82) is 0 Å². The second-order valence-corrected chi connectivity index (χ2v) is 6.32. The molecule has 1 aliphatic heterocycles. The minimum Gasteiger partial charge on any atom is -0.384 e. The lowest BCUT2D eigenvalue weighted by Crippen LogP contribution is -2.49. The molecule has 1 aliphatic carbocycles. The van der Waals surface area contributed by atoms with E-state index in [4.69, 9.17) is 17.3 Å². The molecule has 0 atom stereocenters. The molecule has 0 radical (unpaired) electrons. The van der Waals surface area contributed by atoms with Gasteiger partial charge in [-0.05, 0) is 25.0 Å². The first-order valence-electron chi connectivity index (χ1n) is 7.59. The van der Waals surface area contributed by atoms with Crippen molar-refractivity contribution >= 4 is 17.4 Å². The Balaban J connectivity index is 1.54. The van der Waals surface area contributed by atoms with E-state index in [1.165, 1.54) is 38.8 Å². The molecule has 20 heavy (non-hydrogen) atoms. The van der Waals surface area contributed by atoms with Gasteiger partial charge in [0.25, 0.3) is 0 Å². The summed E-state index contributed by atoms with van der Waals surface area (Å²) in [4.78, 5) is 9.45. The van der Waals surface area contributed by atoms with E-state index in [-0.39, 0.29) is 0 Å². The van der Waals surface area contributed by atoms with Crippen molar-refractivity contribution in [3.05, 3.63) is 22.8 Å². The molecule has 0 aromatic carbocycles. The van der Waals surface area contributed by atoms with E-state index < -0.39 is 0 Å². The Morgan fingerprint density at radius 2 is 1.85 bits per heavy atom. The van der Waals surface area contributed by atoms with Gasteiger partial charge in [0.15, 0.2) is 0 Å². The summed E-state index contributed by atoms with van der Waals surface area (Å²) in [5.74, 6) is 0.550. The average Bonchev–Trinajstić information content (AvgIpc) is 2.98. The van der Waals surface area contributed by atoms with Gasteiger partial charge in [0.2, 0.25) is 0 Å². The number of nitrogen functional groups attached to an aromatic ring is 1. The summed E-state index contributed by atoms with van der Waals surface area (Å²) in [5.41, 5.74) is 6.64. The number of anilines is 1. The molecule has 2 N–H and O–H groups in total. The lowest BCUT2D eigenvalue weighted by atomic mass is 10.1. The molecular weight excluding hydrogens is 272 g/mol. The predicted molar refractivity (Wildman–Crippen MR) is 82.8 cm³/mol. The molecule has 0 amide bonds. The predicted octanol–water partition coefficient (Wildman–Crippen LogP) is 2.38. The zero-order chi connectivity index (χ0) is 13.9. The molecule has 3 rings (SSSR count). The number of piperazine rings is 1. The van der Waals surface area contributed by atoms with Crippen molar-refractivity contribution in [3.63, 3.8) is 0 Å². The first-order chi connectivity index (χ1) is 9.72. The topological polar surface area (TPSA) is 45.4 Å². The van der Waals surface area contributed by atoms with E-state index in [9.17, 15) is 0 Å². The number of nitrogens with two attached hydrogens (primary N) is 1. The molecule has 1 saturated carbocycles. The summed E-state index contributed by atoms with van der Waals surface area (Å²) in [6, 6.07) is 4.43. The molecule has 0 bridgehead atoms. The third-order valence-electron chi connectivity index (χ3n) is 4.56.